The van der Waals surface area contributed by atoms with Gasteiger partial charge in [0.2, 0.25) is 5.89 Å². The van der Waals surface area contributed by atoms with Gasteiger partial charge in [-0.1, -0.05) is 0 Å². The van der Waals surface area contributed by atoms with Crippen LogP contribution in [0.5, 0.6) is 5.75 Å². The quantitative estimate of drug-likeness (QED) is 0.867. The predicted molar refractivity (Wildman–Crippen MR) is 88.8 cm³/mol. The smallest absolute Gasteiger partial charge is 0.226 e. The summed E-state index contributed by atoms with van der Waals surface area (Å²) in [4.78, 5) is 7.09. The van der Waals surface area contributed by atoms with E-state index in [1.165, 1.54) is 0 Å². The van der Waals surface area contributed by atoms with Crippen molar-refractivity contribution in [3.8, 4) is 17.2 Å². The molecule has 124 valence electrons. The molecule has 0 atom stereocenters. The molecular formula is C18H24N2O3. The number of nitrogens with zero attached hydrogens (tertiary/aromatic N) is 2. The molecule has 0 radical (unpaired) electrons. The van der Waals surface area contributed by atoms with Gasteiger partial charge < -0.3 is 13.9 Å². The summed E-state index contributed by atoms with van der Waals surface area (Å²) in [5.74, 6) is 2.47. The van der Waals surface area contributed by atoms with Crippen molar-refractivity contribution in [1.82, 2.24) is 9.88 Å². The number of methoxy groups -OCH3 is 1. The minimum atomic E-state index is 0.689. The van der Waals surface area contributed by atoms with Gasteiger partial charge in [0, 0.05) is 25.2 Å². The van der Waals surface area contributed by atoms with Crippen molar-refractivity contribution in [2.45, 2.75) is 27.3 Å². The third-order valence-corrected chi connectivity index (χ3v) is 4.56. The lowest BCUT2D eigenvalue weighted by molar-refractivity contribution is 0.0335. The summed E-state index contributed by atoms with van der Waals surface area (Å²) < 4.78 is 16.7. The lowest BCUT2D eigenvalue weighted by Crippen LogP contribution is -2.35. The van der Waals surface area contributed by atoms with E-state index in [2.05, 4.69) is 18.7 Å². The van der Waals surface area contributed by atoms with Crippen LogP contribution in [0.2, 0.25) is 0 Å². The summed E-state index contributed by atoms with van der Waals surface area (Å²) in [6.45, 7) is 10.4. The van der Waals surface area contributed by atoms with Crippen molar-refractivity contribution in [3.05, 3.63) is 34.7 Å². The van der Waals surface area contributed by atoms with Crippen molar-refractivity contribution in [1.29, 1.82) is 0 Å². The van der Waals surface area contributed by atoms with E-state index >= 15 is 0 Å². The molecular weight excluding hydrogens is 292 g/mol. The molecule has 1 aliphatic heterocycles. The van der Waals surface area contributed by atoms with Crippen LogP contribution < -0.4 is 4.74 Å². The fourth-order valence-electron chi connectivity index (χ4n) is 2.91. The Hall–Kier alpha value is -1.85. The first kappa shape index (κ1) is 16.0. The number of hydrogen-bond donors (Lipinski definition) is 0. The molecule has 0 aliphatic carbocycles. The highest BCUT2D eigenvalue weighted by Gasteiger charge is 2.18. The van der Waals surface area contributed by atoms with Crippen molar-refractivity contribution in [2.75, 3.05) is 33.4 Å². The average Bonchev–Trinajstić information content (AvgIpc) is 2.91. The van der Waals surface area contributed by atoms with Gasteiger partial charge in [0.1, 0.15) is 11.5 Å². The first-order valence-corrected chi connectivity index (χ1v) is 8.01. The van der Waals surface area contributed by atoms with Crippen LogP contribution in [0.25, 0.3) is 11.5 Å². The van der Waals surface area contributed by atoms with Gasteiger partial charge in [0.05, 0.1) is 26.0 Å². The van der Waals surface area contributed by atoms with Crippen LogP contribution in [0.15, 0.2) is 16.5 Å². The highest BCUT2D eigenvalue weighted by Crippen LogP contribution is 2.31. The maximum Gasteiger partial charge on any atom is 0.226 e. The van der Waals surface area contributed by atoms with Gasteiger partial charge in [-0.15, -0.1) is 0 Å². The Kier molecular flexibility index (Phi) is 4.68. The summed E-state index contributed by atoms with van der Waals surface area (Å²) in [7, 11) is 1.69. The van der Waals surface area contributed by atoms with Gasteiger partial charge in [-0.3, -0.25) is 4.90 Å². The number of hydrogen-bond acceptors (Lipinski definition) is 5. The van der Waals surface area contributed by atoms with Gasteiger partial charge in [0.25, 0.3) is 0 Å². The average molecular weight is 316 g/mol. The van der Waals surface area contributed by atoms with E-state index in [9.17, 15) is 0 Å². The van der Waals surface area contributed by atoms with Crippen LogP contribution in [0.4, 0.5) is 0 Å². The molecule has 2 heterocycles. The van der Waals surface area contributed by atoms with E-state index in [0.717, 1.165) is 66.7 Å². The van der Waals surface area contributed by atoms with Gasteiger partial charge in [-0.25, -0.2) is 4.98 Å². The third-order valence-electron chi connectivity index (χ3n) is 4.56. The Morgan fingerprint density at radius 3 is 2.57 bits per heavy atom. The van der Waals surface area contributed by atoms with Crippen LogP contribution >= 0.6 is 0 Å². The Balaban J connectivity index is 1.87. The fraction of sp³-hybridized carbons (Fsp3) is 0.500. The number of aromatic nitrogens is 1. The largest absolute Gasteiger partial charge is 0.496 e. The van der Waals surface area contributed by atoms with E-state index in [1.807, 2.05) is 19.1 Å². The summed E-state index contributed by atoms with van der Waals surface area (Å²) in [6, 6.07) is 3.99. The van der Waals surface area contributed by atoms with Crippen molar-refractivity contribution < 1.29 is 13.9 Å². The van der Waals surface area contributed by atoms with E-state index in [0.29, 0.717) is 5.89 Å². The van der Waals surface area contributed by atoms with Crippen LogP contribution in [0.3, 0.4) is 0 Å². The third kappa shape index (κ3) is 3.26. The zero-order valence-corrected chi connectivity index (χ0v) is 14.3. The number of morpholine rings is 1. The normalized spacial score (nSPS) is 15.8. The van der Waals surface area contributed by atoms with E-state index in [4.69, 9.17) is 18.9 Å². The SMILES string of the molecule is COc1ccc(-c2nc(CN3CCOCC3)c(C)o2)c(C)c1C. The molecule has 0 unspecified atom stereocenters. The second-order valence-electron chi connectivity index (χ2n) is 5.98. The molecule has 0 spiro atoms. The van der Waals surface area contributed by atoms with Crippen LogP contribution in [-0.4, -0.2) is 43.3 Å². The summed E-state index contributed by atoms with van der Waals surface area (Å²) in [6.07, 6.45) is 0. The molecule has 0 saturated carbocycles. The molecule has 5 nitrogen and oxygen atoms in total. The zero-order chi connectivity index (χ0) is 16.4. The summed E-state index contributed by atoms with van der Waals surface area (Å²) >= 11 is 0. The van der Waals surface area contributed by atoms with Crippen LogP contribution in [0.1, 0.15) is 22.6 Å². The molecule has 1 fully saturated rings. The second kappa shape index (κ2) is 6.72. The maximum absolute atomic E-state index is 5.94. The highest BCUT2D eigenvalue weighted by atomic mass is 16.5. The van der Waals surface area contributed by atoms with Gasteiger partial charge in [0.15, 0.2) is 0 Å². The van der Waals surface area contributed by atoms with E-state index in [1.54, 1.807) is 7.11 Å². The molecule has 1 aromatic heterocycles. The standard InChI is InChI=1S/C18H24N2O3/c1-12-13(2)17(21-4)6-5-15(12)18-19-16(14(3)23-18)11-20-7-9-22-10-8-20/h5-6H,7-11H2,1-4H3. The minimum Gasteiger partial charge on any atom is -0.496 e. The van der Waals surface area contributed by atoms with Gasteiger partial charge >= 0.3 is 0 Å². The molecule has 1 saturated heterocycles. The van der Waals surface area contributed by atoms with Crippen LogP contribution in [-0.2, 0) is 11.3 Å². The topological polar surface area (TPSA) is 47.7 Å². The predicted octanol–water partition coefficient (Wildman–Crippen LogP) is 3.11. The lowest BCUT2D eigenvalue weighted by atomic mass is 10.0. The van der Waals surface area contributed by atoms with Crippen molar-refractivity contribution in [2.24, 2.45) is 0 Å². The van der Waals surface area contributed by atoms with Crippen molar-refractivity contribution in [3.63, 3.8) is 0 Å². The summed E-state index contributed by atoms with van der Waals surface area (Å²) in [5.41, 5.74) is 4.30. The lowest BCUT2D eigenvalue weighted by Gasteiger charge is -2.25. The summed E-state index contributed by atoms with van der Waals surface area (Å²) in [5, 5.41) is 0. The molecule has 5 heteroatoms. The number of oxazole rings is 1. The Bertz CT molecular complexity index is 688. The number of aryl methyl sites for hydroxylation is 1. The Morgan fingerprint density at radius 1 is 1.13 bits per heavy atom. The highest BCUT2D eigenvalue weighted by molar-refractivity contribution is 5.63. The number of rotatable bonds is 4. The number of benzene rings is 1. The molecule has 1 aromatic carbocycles. The van der Waals surface area contributed by atoms with Crippen molar-refractivity contribution >= 4 is 0 Å². The Labute approximate surface area is 137 Å². The number of ether oxygens (including phenoxy) is 2. The Morgan fingerprint density at radius 2 is 1.87 bits per heavy atom. The monoisotopic (exact) mass is 316 g/mol. The zero-order valence-electron chi connectivity index (χ0n) is 14.3. The van der Waals surface area contributed by atoms with Crippen LogP contribution in [0, 0.1) is 20.8 Å². The second-order valence-corrected chi connectivity index (χ2v) is 5.98. The molecule has 3 rings (SSSR count). The first-order chi connectivity index (χ1) is 11.1. The van der Waals surface area contributed by atoms with E-state index < -0.39 is 0 Å². The fourth-order valence-corrected chi connectivity index (χ4v) is 2.91. The molecule has 0 N–H and O–H groups in total. The van der Waals surface area contributed by atoms with E-state index in [-0.39, 0.29) is 0 Å². The molecule has 23 heavy (non-hydrogen) atoms. The molecule has 0 amide bonds. The van der Waals surface area contributed by atoms with Gasteiger partial charge in [-0.05, 0) is 44.0 Å². The minimum absolute atomic E-state index is 0.689. The first-order valence-electron chi connectivity index (χ1n) is 8.01. The van der Waals surface area contributed by atoms with Gasteiger partial charge in [-0.2, -0.15) is 0 Å². The molecule has 0 bridgehead atoms. The molecule has 2 aromatic rings. The molecule has 1 aliphatic rings. The maximum atomic E-state index is 5.94.